The van der Waals surface area contributed by atoms with E-state index in [0.29, 0.717) is 0 Å². The standard InChI is InChI=1S/C17H19N5O/c1-2-15-14-11-22(7-5-16(14)20-19-15)10-13-8-17(21-23-13)12-4-3-6-18-9-12/h3-4,6,8-9H,2,5,7,10-11H2,1H3,(H,19,20). The lowest BCUT2D eigenvalue weighted by molar-refractivity contribution is 0.214. The van der Waals surface area contributed by atoms with Crippen LogP contribution in [0.2, 0.25) is 0 Å². The lowest BCUT2D eigenvalue weighted by Crippen LogP contribution is -2.30. The highest BCUT2D eigenvalue weighted by atomic mass is 16.5. The normalized spacial score (nSPS) is 14.8. The largest absolute Gasteiger partial charge is 0.359 e. The van der Waals surface area contributed by atoms with Gasteiger partial charge in [0.2, 0.25) is 0 Å². The fraction of sp³-hybridized carbons (Fsp3) is 0.353. The van der Waals surface area contributed by atoms with Gasteiger partial charge in [-0.1, -0.05) is 12.1 Å². The van der Waals surface area contributed by atoms with E-state index in [1.54, 1.807) is 12.4 Å². The van der Waals surface area contributed by atoms with Crippen molar-refractivity contribution in [2.24, 2.45) is 0 Å². The predicted octanol–water partition coefficient (Wildman–Crippen LogP) is 2.58. The van der Waals surface area contributed by atoms with Gasteiger partial charge in [0, 0.05) is 54.8 Å². The molecule has 4 heterocycles. The van der Waals surface area contributed by atoms with Crippen molar-refractivity contribution in [3.05, 3.63) is 53.3 Å². The van der Waals surface area contributed by atoms with Gasteiger partial charge in [-0.15, -0.1) is 0 Å². The van der Waals surface area contributed by atoms with Gasteiger partial charge in [-0.05, 0) is 18.6 Å². The highest BCUT2D eigenvalue weighted by molar-refractivity contribution is 5.57. The van der Waals surface area contributed by atoms with Crippen LogP contribution < -0.4 is 0 Å². The van der Waals surface area contributed by atoms with E-state index in [2.05, 4.69) is 32.2 Å². The van der Waals surface area contributed by atoms with Gasteiger partial charge in [-0.25, -0.2) is 0 Å². The van der Waals surface area contributed by atoms with Crippen LogP contribution in [0, 0.1) is 0 Å². The maximum atomic E-state index is 5.50. The zero-order valence-electron chi connectivity index (χ0n) is 13.1. The summed E-state index contributed by atoms with van der Waals surface area (Å²) >= 11 is 0. The minimum Gasteiger partial charge on any atom is -0.359 e. The molecular formula is C17H19N5O. The van der Waals surface area contributed by atoms with E-state index in [4.69, 9.17) is 4.52 Å². The number of nitrogens with one attached hydrogen (secondary N) is 1. The van der Waals surface area contributed by atoms with Gasteiger partial charge in [0.1, 0.15) is 5.69 Å². The highest BCUT2D eigenvalue weighted by Crippen LogP contribution is 2.24. The molecule has 1 N–H and O–H groups in total. The molecule has 0 unspecified atom stereocenters. The Morgan fingerprint density at radius 3 is 3.17 bits per heavy atom. The molecule has 0 aromatic carbocycles. The van der Waals surface area contributed by atoms with E-state index in [1.165, 1.54) is 17.0 Å². The molecule has 4 rings (SSSR count). The molecule has 0 bridgehead atoms. The molecule has 0 aliphatic carbocycles. The van der Waals surface area contributed by atoms with Crippen molar-refractivity contribution in [1.29, 1.82) is 0 Å². The third-order valence-corrected chi connectivity index (χ3v) is 4.33. The summed E-state index contributed by atoms with van der Waals surface area (Å²) in [7, 11) is 0. The summed E-state index contributed by atoms with van der Waals surface area (Å²) in [5.41, 5.74) is 5.63. The molecule has 0 radical (unpaired) electrons. The van der Waals surface area contributed by atoms with Crippen LogP contribution in [0.4, 0.5) is 0 Å². The lowest BCUT2D eigenvalue weighted by Gasteiger charge is -2.25. The van der Waals surface area contributed by atoms with Crippen molar-refractivity contribution in [3.63, 3.8) is 0 Å². The molecule has 0 saturated carbocycles. The summed E-state index contributed by atoms with van der Waals surface area (Å²) in [6, 6.07) is 5.89. The van der Waals surface area contributed by atoms with Crippen molar-refractivity contribution in [1.82, 2.24) is 25.2 Å². The number of pyridine rings is 1. The molecule has 118 valence electrons. The fourth-order valence-electron chi connectivity index (χ4n) is 3.10. The number of rotatable bonds is 4. The fourth-order valence-corrected chi connectivity index (χ4v) is 3.10. The van der Waals surface area contributed by atoms with Crippen molar-refractivity contribution in [2.45, 2.75) is 32.9 Å². The molecule has 1 aliphatic rings. The van der Waals surface area contributed by atoms with Crippen molar-refractivity contribution in [3.8, 4) is 11.3 Å². The zero-order chi connectivity index (χ0) is 15.6. The van der Waals surface area contributed by atoms with Gasteiger partial charge in [-0.2, -0.15) is 5.10 Å². The second-order valence-corrected chi connectivity index (χ2v) is 5.86. The Kier molecular flexibility index (Phi) is 3.67. The molecule has 23 heavy (non-hydrogen) atoms. The Morgan fingerprint density at radius 2 is 2.35 bits per heavy atom. The van der Waals surface area contributed by atoms with Crippen LogP contribution in [0.15, 0.2) is 35.1 Å². The first-order chi connectivity index (χ1) is 11.3. The van der Waals surface area contributed by atoms with E-state index in [0.717, 1.165) is 49.5 Å². The molecular weight excluding hydrogens is 290 g/mol. The van der Waals surface area contributed by atoms with E-state index >= 15 is 0 Å². The first kappa shape index (κ1) is 14.1. The first-order valence-corrected chi connectivity index (χ1v) is 7.97. The molecule has 0 fully saturated rings. The molecule has 3 aromatic heterocycles. The van der Waals surface area contributed by atoms with Crippen LogP contribution in [0.1, 0.15) is 29.6 Å². The number of fused-ring (bicyclic) bond motifs is 1. The Bertz CT molecular complexity index is 779. The monoisotopic (exact) mass is 309 g/mol. The Labute approximate surface area is 134 Å². The first-order valence-electron chi connectivity index (χ1n) is 7.97. The van der Waals surface area contributed by atoms with Crippen LogP contribution in [-0.4, -0.2) is 31.8 Å². The summed E-state index contributed by atoms with van der Waals surface area (Å²) < 4.78 is 5.50. The third kappa shape index (κ3) is 2.77. The number of H-pyrrole nitrogens is 1. The topological polar surface area (TPSA) is 70.8 Å². The van der Waals surface area contributed by atoms with Crippen molar-refractivity contribution < 1.29 is 4.52 Å². The number of aromatic amines is 1. The van der Waals surface area contributed by atoms with Gasteiger partial charge in [0.05, 0.1) is 12.2 Å². The quantitative estimate of drug-likeness (QED) is 0.802. The van der Waals surface area contributed by atoms with Crippen molar-refractivity contribution in [2.75, 3.05) is 6.54 Å². The van der Waals surface area contributed by atoms with Gasteiger partial charge >= 0.3 is 0 Å². The predicted molar refractivity (Wildman–Crippen MR) is 85.5 cm³/mol. The minimum absolute atomic E-state index is 0.765. The van der Waals surface area contributed by atoms with Gasteiger partial charge in [-0.3, -0.25) is 15.0 Å². The Hall–Kier alpha value is -2.47. The molecule has 3 aromatic rings. The summed E-state index contributed by atoms with van der Waals surface area (Å²) in [5.74, 6) is 0.883. The molecule has 0 spiro atoms. The van der Waals surface area contributed by atoms with E-state index in [1.807, 2.05) is 18.2 Å². The van der Waals surface area contributed by atoms with E-state index in [9.17, 15) is 0 Å². The maximum absolute atomic E-state index is 5.50. The van der Waals surface area contributed by atoms with Crippen LogP contribution >= 0.6 is 0 Å². The zero-order valence-corrected chi connectivity index (χ0v) is 13.1. The molecule has 0 atom stereocenters. The van der Waals surface area contributed by atoms with E-state index < -0.39 is 0 Å². The maximum Gasteiger partial charge on any atom is 0.151 e. The third-order valence-electron chi connectivity index (χ3n) is 4.33. The van der Waals surface area contributed by atoms with Crippen LogP contribution in [0.25, 0.3) is 11.3 Å². The molecule has 6 heteroatoms. The summed E-state index contributed by atoms with van der Waals surface area (Å²) in [6.07, 6.45) is 5.53. The molecule has 1 aliphatic heterocycles. The molecule has 0 amide bonds. The number of hydrogen-bond acceptors (Lipinski definition) is 5. The second-order valence-electron chi connectivity index (χ2n) is 5.86. The Morgan fingerprint density at radius 1 is 1.39 bits per heavy atom. The molecule has 6 nitrogen and oxygen atoms in total. The highest BCUT2D eigenvalue weighted by Gasteiger charge is 2.22. The Balaban J connectivity index is 1.48. The number of aryl methyl sites for hydroxylation is 1. The van der Waals surface area contributed by atoms with Crippen molar-refractivity contribution >= 4 is 0 Å². The number of nitrogens with zero attached hydrogens (tertiary/aromatic N) is 4. The summed E-state index contributed by atoms with van der Waals surface area (Å²) in [6.45, 7) is 4.83. The number of hydrogen-bond donors (Lipinski definition) is 1. The minimum atomic E-state index is 0.765. The van der Waals surface area contributed by atoms with Crippen LogP contribution in [0.5, 0.6) is 0 Å². The van der Waals surface area contributed by atoms with Gasteiger partial charge in [0.15, 0.2) is 5.76 Å². The second kappa shape index (κ2) is 5.96. The molecule has 0 saturated heterocycles. The lowest BCUT2D eigenvalue weighted by atomic mass is 10.0. The van der Waals surface area contributed by atoms with Gasteiger partial charge < -0.3 is 4.52 Å². The summed E-state index contributed by atoms with van der Waals surface area (Å²) in [4.78, 5) is 6.50. The van der Waals surface area contributed by atoms with E-state index in [-0.39, 0.29) is 0 Å². The van der Waals surface area contributed by atoms with Crippen LogP contribution in [0.3, 0.4) is 0 Å². The average Bonchev–Trinajstić information content (AvgIpc) is 3.22. The smallest absolute Gasteiger partial charge is 0.151 e. The van der Waals surface area contributed by atoms with Crippen LogP contribution in [-0.2, 0) is 25.9 Å². The van der Waals surface area contributed by atoms with Gasteiger partial charge in [0.25, 0.3) is 0 Å². The number of aromatic nitrogens is 4. The summed E-state index contributed by atoms with van der Waals surface area (Å²) in [5, 5.41) is 11.7. The SMILES string of the molecule is CCc1n[nH]c2c1CN(Cc1cc(-c3cccnc3)no1)CC2. The average molecular weight is 309 g/mol.